The molecule has 2 N–H and O–H groups in total. The molecule has 0 fully saturated rings. The number of carbonyl (C=O) groups excluding carboxylic acids is 1. The number of carbonyl (C=O) groups is 1. The van der Waals surface area contributed by atoms with Crippen LogP contribution in [0.15, 0.2) is 23.2 Å². The van der Waals surface area contributed by atoms with Crippen LogP contribution in [0.1, 0.15) is 22.8 Å². The highest BCUT2D eigenvalue weighted by atomic mass is 19.4. The zero-order valence-electron chi connectivity index (χ0n) is 9.92. The lowest BCUT2D eigenvalue weighted by Crippen LogP contribution is -2.17. The molecular weight excluding hydrogens is 306 g/mol. The molecule has 21 heavy (non-hydrogen) atoms. The van der Waals surface area contributed by atoms with Gasteiger partial charge in [0.1, 0.15) is 0 Å². The van der Waals surface area contributed by atoms with E-state index < -0.39 is 47.1 Å². The van der Waals surface area contributed by atoms with Crippen molar-refractivity contribution in [2.45, 2.75) is 18.5 Å². The lowest BCUT2D eigenvalue weighted by atomic mass is 10.0. The highest BCUT2D eigenvalue weighted by molar-refractivity contribution is 5.98. The largest absolute Gasteiger partial charge is 0.447 e. The summed E-state index contributed by atoms with van der Waals surface area (Å²) in [4.78, 5) is 14.5. The third-order valence-electron chi connectivity index (χ3n) is 2.60. The Bertz CT molecular complexity index is 588. The molecule has 114 valence electrons. The molecular formula is C11H6F6N2O2. The molecule has 0 aromatic heterocycles. The first-order valence-corrected chi connectivity index (χ1v) is 5.32. The molecule has 0 radical (unpaired) electrons. The first-order valence-electron chi connectivity index (χ1n) is 5.32. The number of hydrogen-bond acceptors (Lipinski definition) is 3. The van der Waals surface area contributed by atoms with Crippen LogP contribution in [0.5, 0.6) is 0 Å². The van der Waals surface area contributed by atoms with E-state index in [9.17, 15) is 31.1 Å². The van der Waals surface area contributed by atoms with Gasteiger partial charge in [0.05, 0.1) is 11.1 Å². The van der Waals surface area contributed by atoms with Crippen LogP contribution in [-0.2, 0) is 21.9 Å². The maximum absolute atomic E-state index is 12.7. The number of halogens is 6. The quantitative estimate of drug-likeness (QED) is 0.811. The van der Waals surface area contributed by atoms with Gasteiger partial charge in [0.2, 0.25) is 6.10 Å². The first-order chi connectivity index (χ1) is 9.48. The number of amides is 1. The molecule has 1 amide bonds. The van der Waals surface area contributed by atoms with Crippen LogP contribution < -0.4 is 5.73 Å². The van der Waals surface area contributed by atoms with Gasteiger partial charge in [0.25, 0.3) is 11.9 Å². The Hall–Kier alpha value is -2.26. The van der Waals surface area contributed by atoms with E-state index in [1.165, 1.54) is 0 Å². The summed E-state index contributed by atoms with van der Waals surface area (Å²) in [6.45, 7) is 0. The minimum Gasteiger partial charge on any atom is -0.447 e. The average Bonchev–Trinajstić information content (AvgIpc) is 2.65. The van der Waals surface area contributed by atoms with E-state index in [2.05, 4.69) is 9.73 Å². The molecule has 0 saturated heterocycles. The van der Waals surface area contributed by atoms with Gasteiger partial charge in [0, 0.05) is 5.56 Å². The summed E-state index contributed by atoms with van der Waals surface area (Å²) < 4.78 is 80.5. The normalized spacial score (nSPS) is 19.4. The van der Waals surface area contributed by atoms with E-state index in [0.717, 1.165) is 0 Å². The van der Waals surface area contributed by atoms with Crippen molar-refractivity contribution in [1.29, 1.82) is 0 Å². The SMILES string of the molecule is NC1=NC(=O)C(c2cc(C(F)(F)F)cc(C(F)(F)F)c2)O1. The topological polar surface area (TPSA) is 64.7 Å². The van der Waals surface area contributed by atoms with Crippen molar-refractivity contribution >= 4 is 11.9 Å². The van der Waals surface area contributed by atoms with Crippen molar-refractivity contribution in [3.8, 4) is 0 Å². The molecule has 0 aliphatic carbocycles. The number of nitrogens with zero attached hydrogens (tertiary/aromatic N) is 1. The van der Waals surface area contributed by atoms with Crippen molar-refractivity contribution in [2.75, 3.05) is 0 Å². The standard InChI is InChI=1S/C11H6F6N2O2/c12-10(13,14)5-1-4(2-6(3-5)11(15,16)17)7-8(20)19-9(18)21-7/h1-3,7H,(H2,18,19,20). The maximum Gasteiger partial charge on any atom is 0.416 e. The van der Waals surface area contributed by atoms with Crippen LogP contribution >= 0.6 is 0 Å². The molecule has 1 aliphatic rings. The van der Waals surface area contributed by atoms with Gasteiger partial charge >= 0.3 is 12.4 Å². The predicted molar refractivity (Wildman–Crippen MR) is 56.9 cm³/mol. The van der Waals surface area contributed by atoms with Gasteiger partial charge in [-0.3, -0.25) is 4.79 Å². The fourth-order valence-corrected chi connectivity index (χ4v) is 1.71. The number of ether oxygens (including phenoxy) is 1. The van der Waals surface area contributed by atoms with Gasteiger partial charge in [0.15, 0.2) is 0 Å². The summed E-state index contributed by atoms with van der Waals surface area (Å²) >= 11 is 0. The lowest BCUT2D eigenvalue weighted by Gasteiger charge is -2.16. The molecule has 0 bridgehead atoms. The summed E-state index contributed by atoms with van der Waals surface area (Å²) in [5.74, 6) is -1.07. The first kappa shape index (κ1) is 15.1. The highest BCUT2D eigenvalue weighted by Crippen LogP contribution is 2.38. The second-order valence-electron chi connectivity index (χ2n) is 4.13. The Labute approximate surface area is 113 Å². The zero-order valence-corrected chi connectivity index (χ0v) is 9.92. The molecule has 1 unspecified atom stereocenters. The Morgan fingerprint density at radius 3 is 1.81 bits per heavy atom. The van der Waals surface area contributed by atoms with Gasteiger partial charge in [-0.2, -0.15) is 31.3 Å². The molecule has 1 aromatic carbocycles. The van der Waals surface area contributed by atoms with Crippen molar-refractivity contribution in [1.82, 2.24) is 0 Å². The monoisotopic (exact) mass is 312 g/mol. The Kier molecular flexibility index (Phi) is 3.34. The van der Waals surface area contributed by atoms with Crippen molar-refractivity contribution in [2.24, 2.45) is 10.7 Å². The number of nitrogens with two attached hydrogens (primary N) is 1. The smallest absolute Gasteiger partial charge is 0.416 e. The van der Waals surface area contributed by atoms with Crippen LogP contribution in [0.2, 0.25) is 0 Å². The second kappa shape index (κ2) is 4.64. The summed E-state index contributed by atoms with van der Waals surface area (Å²) in [5, 5.41) is 0. The van der Waals surface area contributed by atoms with Crippen molar-refractivity contribution in [3.63, 3.8) is 0 Å². The van der Waals surface area contributed by atoms with Crippen molar-refractivity contribution < 1.29 is 35.9 Å². The lowest BCUT2D eigenvalue weighted by molar-refractivity contribution is -0.143. The van der Waals surface area contributed by atoms with Crippen LogP contribution in [0.4, 0.5) is 26.3 Å². The van der Waals surface area contributed by atoms with Crippen LogP contribution in [0, 0.1) is 0 Å². The number of hydrogen-bond donors (Lipinski definition) is 1. The predicted octanol–water partition coefficient (Wildman–Crippen LogP) is 2.64. The van der Waals surface area contributed by atoms with Crippen LogP contribution in [0.25, 0.3) is 0 Å². The average molecular weight is 312 g/mol. The van der Waals surface area contributed by atoms with Crippen LogP contribution in [0.3, 0.4) is 0 Å². The van der Waals surface area contributed by atoms with E-state index in [1.807, 2.05) is 0 Å². The number of alkyl halides is 6. The van der Waals surface area contributed by atoms with E-state index in [1.54, 1.807) is 0 Å². The van der Waals surface area contributed by atoms with E-state index >= 15 is 0 Å². The highest BCUT2D eigenvalue weighted by Gasteiger charge is 2.39. The fourth-order valence-electron chi connectivity index (χ4n) is 1.71. The Balaban J connectivity index is 2.54. The molecule has 1 heterocycles. The zero-order chi connectivity index (χ0) is 16.0. The van der Waals surface area contributed by atoms with E-state index in [-0.39, 0.29) is 6.07 Å². The molecule has 2 rings (SSSR count). The number of rotatable bonds is 1. The molecule has 0 spiro atoms. The van der Waals surface area contributed by atoms with Gasteiger partial charge in [-0.25, -0.2) is 0 Å². The minimum absolute atomic E-state index is 0.0485. The summed E-state index contributed by atoms with van der Waals surface area (Å²) in [5.41, 5.74) is 1.35. The van der Waals surface area contributed by atoms with Gasteiger partial charge < -0.3 is 10.5 Å². The maximum atomic E-state index is 12.7. The van der Waals surface area contributed by atoms with Gasteiger partial charge in [-0.05, 0) is 18.2 Å². The summed E-state index contributed by atoms with van der Waals surface area (Å²) in [6, 6.07) is 0.126. The molecule has 1 aromatic rings. The second-order valence-corrected chi connectivity index (χ2v) is 4.13. The molecule has 10 heteroatoms. The molecule has 1 atom stereocenters. The Morgan fingerprint density at radius 2 is 1.48 bits per heavy atom. The number of benzene rings is 1. The number of aliphatic imine (C=N–C) groups is 1. The number of amidine groups is 1. The summed E-state index contributed by atoms with van der Waals surface area (Å²) in [7, 11) is 0. The third-order valence-corrected chi connectivity index (χ3v) is 2.60. The minimum atomic E-state index is -5.01. The van der Waals surface area contributed by atoms with Gasteiger partial charge in [-0.15, -0.1) is 0 Å². The summed E-state index contributed by atoms with van der Waals surface area (Å²) in [6.07, 6.45) is -11.7. The van der Waals surface area contributed by atoms with Gasteiger partial charge in [-0.1, -0.05) is 0 Å². The molecule has 4 nitrogen and oxygen atoms in total. The van der Waals surface area contributed by atoms with Crippen LogP contribution in [-0.4, -0.2) is 11.9 Å². The van der Waals surface area contributed by atoms with E-state index in [4.69, 9.17) is 5.73 Å². The third kappa shape index (κ3) is 3.09. The van der Waals surface area contributed by atoms with Crippen molar-refractivity contribution in [3.05, 3.63) is 34.9 Å². The molecule has 0 saturated carbocycles. The van der Waals surface area contributed by atoms with E-state index in [0.29, 0.717) is 12.1 Å². The fraction of sp³-hybridized carbons (Fsp3) is 0.273. The molecule has 1 aliphatic heterocycles. The Morgan fingerprint density at radius 1 is 1.00 bits per heavy atom.